The third kappa shape index (κ3) is 8.65. The van der Waals surface area contributed by atoms with E-state index in [9.17, 15) is 0 Å². The average molecular weight is 258 g/mol. The maximum absolute atomic E-state index is 5.20. The van der Waals surface area contributed by atoms with Crippen LogP contribution in [0.15, 0.2) is 0 Å². The van der Waals surface area contributed by atoms with Crippen LogP contribution in [-0.4, -0.2) is 30.9 Å². The number of alkyl halides is 1. The van der Waals surface area contributed by atoms with Crippen molar-refractivity contribution in [1.82, 2.24) is 0 Å². The number of rotatable bonds is 7. The predicted octanol–water partition coefficient (Wildman–Crippen LogP) is 1.86. The lowest BCUT2D eigenvalue weighted by Gasteiger charge is -2.01. The molecule has 0 fully saturated rings. The second-order valence-electron chi connectivity index (χ2n) is 1.91. The van der Waals surface area contributed by atoms with Crippen molar-refractivity contribution >= 4 is 22.6 Å². The first-order valence-electron chi connectivity index (χ1n) is 3.63. The molecule has 2 nitrogen and oxygen atoms in total. The molecular formula is C7H15IO2. The fourth-order valence-electron chi connectivity index (χ4n) is 0.521. The molecule has 0 aromatic rings. The van der Waals surface area contributed by atoms with Crippen LogP contribution in [-0.2, 0) is 9.47 Å². The standard InChI is InChI=1S/C7H15IO2/c1-2-4-9-6-7-10-5-3-8/h2-7H2,1H3. The van der Waals surface area contributed by atoms with Gasteiger partial charge in [0.2, 0.25) is 0 Å². The van der Waals surface area contributed by atoms with Crippen molar-refractivity contribution in [1.29, 1.82) is 0 Å². The van der Waals surface area contributed by atoms with Crippen LogP contribution in [0.25, 0.3) is 0 Å². The van der Waals surface area contributed by atoms with Gasteiger partial charge in [0, 0.05) is 11.0 Å². The smallest absolute Gasteiger partial charge is 0.0700 e. The summed E-state index contributed by atoms with van der Waals surface area (Å²) in [6.07, 6.45) is 1.09. The normalized spacial score (nSPS) is 10.2. The summed E-state index contributed by atoms with van der Waals surface area (Å²) in [6, 6.07) is 0. The molecular weight excluding hydrogens is 243 g/mol. The Bertz CT molecular complexity index is 51.6. The van der Waals surface area contributed by atoms with Gasteiger partial charge in [-0.05, 0) is 6.42 Å². The third-order valence-electron chi connectivity index (χ3n) is 0.942. The van der Waals surface area contributed by atoms with Gasteiger partial charge in [0.05, 0.1) is 19.8 Å². The molecule has 62 valence electrons. The van der Waals surface area contributed by atoms with Gasteiger partial charge in [-0.25, -0.2) is 0 Å². The van der Waals surface area contributed by atoms with Crippen LogP contribution >= 0.6 is 22.6 Å². The van der Waals surface area contributed by atoms with Gasteiger partial charge < -0.3 is 9.47 Å². The zero-order chi connectivity index (χ0) is 7.66. The highest BCUT2D eigenvalue weighted by atomic mass is 127. The maximum atomic E-state index is 5.20. The van der Waals surface area contributed by atoms with Crippen molar-refractivity contribution in [3.8, 4) is 0 Å². The first-order valence-corrected chi connectivity index (χ1v) is 5.15. The van der Waals surface area contributed by atoms with Crippen LogP contribution in [0.1, 0.15) is 13.3 Å². The van der Waals surface area contributed by atoms with E-state index in [0.717, 1.165) is 37.3 Å². The molecule has 0 spiro atoms. The first-order chi connectivity index (χ1) is 4.91. The van der Waals surface area contributed by atoms with E-state index in [-0.39, 0.29) is 0 Å². The molecule has 0 radical (unpaired) electrons. The average Bonchev–Trinajstić information content (AvgIpc) is 1.97. The summed E-state index contributed by atoms with van der Waals surface area (Å²) in [6.45, 7) is 5.28. The summed E-state index contributed by atoms with van der Waals surface area (Å²) in [7, 11) is 0. The van der Waals surface area contributed by atoms with Gasteiger partial charge in [0.25, 0.3) is 0 Å². The monoisotopic (exact) mass is 258 g/mol. The molecule has 0 saturated heterocycles. The highest BCUT2D eigenvalue weighted by molar-refractivity contribution is 14.1. The molecule has 0 aliphatic carbocycles. The van der Waals surface area contributed by atoms with E-state index in [1.165, 1.54) is 0 Å². The Kier molecular flexibility index (Phi) is 10.3. The summed E-state index contributed by atoms with van der Waals surface area (Å²) >= 11 is 2.29. The molecule has 0 bridgehead atoms. The van der Waals surface area contributed by atoms with Crippen LogP contribution in [0.3, 0.4) is 0 Å². The Morgan fingerprint density at radius 2 is 1.60 bits per heavy atom. The largest absolute Gasteiger partial charge is 0.379 e. The van der Waals surface area contributed by atoms with Crippen LogP contribution in [0.4, 0.5) is 0 Å². The van der Waals surface area contributed by atoms with E-state index in [0.29, 0.717) is 0 Å². The Morgan fingerprint density at radius 3 is 2.10 bits per heavy atom. The minimum atomic E-state index is 0.739. The van der Waals surface area contributed by atoms with Gasteiger partial charge in [-0.1, -0.05) is 29.5 Å². The Balaban J connectivity index is 2.65. The number of hydrogen-bond donors (Lipinski definition) is 0. The van der Waals surface area contributed by atoms with Crippen LogP contribution in [0.2, 0.25) is 0 Å². The number of ether oxygens (including phenoxy) is 2. The Morgan fingerprint density at radius 1 is 1.00 bits per heavy atom. The fourth-order valence-corrected chi connectivity index (χ4v) is 0.832. The van der Waals surface area contributed by atoms with Gasteiger partial charge in [-0.3, -0.25) is 0 Å². The van der Waals surface area contributed by atoms with E-state index in [1.807, 2.05) is 0 Å². The molecule has 0 N–H and O–H groups in total. The highest BCUT2D eigenvalue weighted by Crippen LogP contribution is 1.84. The molecule has 0 unspecified atom stereocenters. The number of hydrogen-bond acceptors (Lipinski definition) is 2. The summed E-state index contributed by atoms with van der Waals surface area (Å²) in [5, 5.41) is 0. The van der Waals surface area contributed by atoms with Crippen molar-refractivity contribution in [2.75, 3.05) is 30.9 Å². The molecule has 0 heterocycles. The van der Waals surface area contributed by atoms with Crippen molar-refractivity contribution in [3.05, 3.63) is 0 Å². The Hall–Kier alpha value is 0.650. The summed E-state index contributed by atoms with van der Waals surface area (Å²) in [5.74, 6) is 0. The molecule has 0 amide bonds. The first kappa shape index (κ1) is 10.7. The molecule has 0 aliphatic rings. The third-order valence-corrected chi connectivity index (χ3v) is 1.38. The topological polar surface area (TPSA) is 18.5 Å². The zero-order valence-electron chi connectivity index (χ0n) is 6.44. The molecule has 10 heavy (non-hydrogen) atoms. The minimum absolute atomic E-state index is 0.739. The van der Waals surface area contributed by atoms with E-state index >= 15 is 0 Å². The summed E-state index contributed by atoms with van der Waals surface area (Å²) in [5.41, 5.74) is 0. The van der Waals surface area contributed by atoms with Crippen molar-refractivity contribution < 1.29 is 9.47 Å². The van der Waals surface area contributed by atoms with Gasteiger partial charge in [0.15, 0.2) is 0 Å². The fraction of sp³-hybridized carbons (Fsp3) is 1.00. The minimum Gasteiger partial charge on any atom is -0.379 e. The quantitative estimate of drug-likeness (QED) is 0.394. The van der Waals surface area contributed by atoms with E-state index in [4.69, 9.17) is 9.47 Å². The molecule has 3 heteroatoms. The Labute approximate surface area is 76.4 Å². The van der Waals surface area contributed by atoms with Crippen LogP contribution < -0.4 is 0 Å². The molecule has 0 aromatic heterocycles. The molecule has 0 aromatic carbocycles. The predicted molar refractivity (Wildman–Crippen MR) is 50.8 cm³/mol. The lowest BCUT2D eigenvalue weighted by Crippen LogP contribution is -2.05. The van der Waals surface area contributed by atoms with Gasteiger partial charge >= 0.3 is 0 Å². The van der Waals surface area contributed by atoms with Crippen molar-refractivity contribution in [3.63, 3.8) is 0 Å². The second kappa shape index (κ2) is 9.65. The second-order valence-corrected chi connectivity index (χ2v) is 2.99. The highest BCUT2D eigenvalue weighted by Gasteiger charge is 1.86. The maximum Gasteiger partial charge on any atom is 0.0700 e. The molecule has 0 rings (SSSR count). The summed E-state index contributed by atoms with van der Waals surface area (Å²) in [4.78, 5) is 0. The van der Waals surface area contributed by atoms with Gasteiger partial charge in [-0.2, -0.15) is 0 Å². The van der Waals surface area contributed by atoms with E-state index < -0.39 is 0 Å². The lowest BCUT2D eigenvalue weighted by molar-refractivity contribution is 0.0547. The number of halogens is 1. The SMILES string of the molecule is CCCOCCOCCI. The summed E-state index contributed by atoms with van der Waals surface area (Å²) < 4.78 is 11.5. The van der Waals surface area contributed by atoms with Crippen molar-refractivity contribution in [2.24, 2.45) is 0 Å². The zero-order valence-corrected chi connectivity index (χ0v) is 8.59. The molecule has 0 atom stereocenters. The van der Waals surface area contributed by atoms with E-state index in [1.54, 1.807) is 0 Å². The van der Waals surface area contributed by atoms with Gasteiger partial charge in [0.1, 0.15) is 0 Å². The molecule has 0 saturated carbocycles. The van der Waals surface area contributed by atoms with Crippen LogP contribution in [0, 0.1) is 0 Å². The van der Waals surface area contributed by atoms with Gasteiger partial charge in [-0.15, -0.1) is 0 Å². The van der Waals surface area contributed by atoms with E-state index in [2.05, 4.69) is 29.5 Å². The molecule has 0 aliphatic heterocycles. The lowest BCUT2D eigenvalue weighted by atomic mass is 10.5. The van der Waals surface area contributed by atoms with Crippen molar-refractivity contribution in [2.45, 2.75) is 13.3 Å². The van der Waals surface area contributed by atoms with Crippen LogP contribution in [0.5, 0.6) is 0 Å².